The Morgan fingerprint density at radius 2 is 1.37 bits per heavy atom. The molecule has 2 unspecified atom stereocenters. The van der Waals surface area contributed by atoms with Crippen molar-refractivity contribution >= 4 is 12.1 Å². The van der Waals surface area contributed by atoms with Gasteiger partial charge in [0.15, 0.2) is 0 Å². The predicted molar refractivity (Wildman–Crippen MR) is 152 cm³/mol. The van der Waals surface area contributed by atoms with Gasteiger partial charge >= 0.3 is 12.1 Å². The lowest BCUT2D eigenvalue weighted by atomic mass is 10.0. The number of esters is 1. The van der Waals surface area contributed by atoms with E-state index in [0.717, 1.165) is 32.2 Å². The maximum Gasteiger partial charge on any atom is 0.407 e. The predicted octanol–water partition coefficient (Wildman–Crippen LogP) is 5.72. The van der Waals surface area contributed by atoms with E-state index in [1.165, 1.54) is 77.0 Å². The maximum absolute atomic E-state index is 12.4. The summed E-state index contributed by atoms with van der Waals surface area (Å²) < 4.78 is 10.7. The molecule has 0 saturated carbocycles. The molecule has 0 bridgehead atoms. The summed E-state index contributed by atoms with van der Waals surface area (Å²) in [6.45, 7) is 3.04. The van der Waals surface area contributed by atoms with E-state index in [4.69, 9.17) is 19.7 Å². The smallest absolute Gasteiger partial charge is 0.407 e. The van der Waals surface area contributed by atoms with Gasteiger partial charge in [0.25, 0.3) is 0 Å². The molecular weight excluding hydrogens is 484 g/mol. The van der Waals surface area contributed by atoms with Crippen LogP contribution in [0.3, 0.4) is 0 Å². The van der Waals surface area contributed by atoms with Crippen molar-refractivity contribution in [3.63, 3.8) is 0 Å². The Kier molecular flexibility index (Phi) is 21.4. The molecule has 1 heterocycles. The number of aliphatic hydroxyl groups is 2. The molecule has 8 heteroatoms. The number of unbranched alkanes of at least 4 members (excludes halogenated alkanes) is 13. The fraction of sp³-hybridized carbons (Fsp3) is 0.933. The molecule has 1 aliphatic rings. The van der Waals surface area contributed by atoms with E-state index in [2.05, 4.69) is 24.2 Å². The van der Waals surface area contributed by atoms with Crippen molar-refractivity contribution in [3.05, 3.63) is 0 Å². The van der Waals surface area contributed by atoms with E-state index < -0.39 is 31.4 Å². The van der Waals surface area contributed by atoms with Crippen molar-refractivity contribution in [2.45, 2.75) is 147 Å². The van der Waals surface area contributed by atoms with Crippen LogP contribution in [0.2, 0.25) is 0 Å². The highest BCUT2D eigenvalue weighted by Crippen LogP contribution is 2.17. The van der Waals surface area contributed by atoms with Gasteiger partial charge < -0.3 is 29.9 Å². The van der Waals surface area contributed by atoms with Gasteiger partial charge in [0.2, 0.25) is 0 Å². The molecule has 38 heavy (non-hydrogen) atoms. The normalized spacial score (nSPS) is 16.6. The van der Waals surface area contributed by atoms with Gasteiger partial charge in [0, 0.05) is 19.0 Å². The summed E-state index contributed by atoms with van der Waals surface area (Å²) in [4.78, 5) is 26.8. The van der Waals surface area contributed by atoms with Crippen LogP contribution in [0.4, 0.5) is 4.79 Å². The molecule has 224 valence electrons. The summed E-state index contributed by atoms with van der Waals surface area (Å²) in [5.74, 6) is -0.499. The molecule has 1 fully saturated rings. The molecule has 0 aromatic carbocycles. The van der Waals surface area contributed by atoms with E-state index in [1.807, 2.05) is 0 Å². The Hall–Kier alpha value is -1.38. The van der Waals surface area contributed by atoms with Crippen LogP contribution in [-0.4, -0.2) is 78.8 Å². The molecule has 0 spiro atoms. The quantitative estimate of drug-likeness (QED) is 0.106. The summed E-state index contributed by atoms with van der Waals surface area (Å²) in [5, 5.41) is 21.1. The lowest BCUT2D eigenvalue weighted by Gasteiger charge is -2.22. The molecule has 1 rings (SSSR count). The third-order valence-corrected chi connectivity index (χ3v) is 7.68. The zero-order valence-corrected chi connectivity index (χ0v) is 24.5. The molecule has 2 atom stereocenters. The lowest BCUT2D eigenvalue weighted by molar-refractivity contribution is -0.154. The first-order chi connectivity index (χ1) is 18.5. The molecule has 1 aliphatic heterocycles. The average Bonchev–Trinajstić information content (AvgIpc) is 3.33. The molecule has 8 nitrogen and oxygen atoms in total. The SMILES string of the molecule is CCCCCCCCCCCCCCCCC(CCC(=O)OC(CO)CO)OC(=O)NCC1CCCN1C. The van der Waals surface area contributed by atoms with E-state index >= 15 is 0 Å². The van der Waals surface area contributed by atoms with Gasteiger partial charge in [-0.1, -0.05) is 90.4 Å². The van der Waals surface area contributed by atoms with Gasteiger partial charge in [-0.05, 0) is 45.7 Å². The number of hydrogen-bond acceptors (Lipinski definition) is 7. The standard InChI is InChI=1S/C30H58N2O6/c1-3-4-5-6-7-8-9-10-11-12-13-14-15-16-19-27(20-21-29(35)37-28(24-33)25-34)38-30(36)31-23-26-18-17-22-32(26)2/h26-28,33-34H,3-25H2,1-2H3,(H,31,36). The largest absolute Gasteiger partial charge is 0.457 e. The number of amides is 1. The molecule has 3 N–H and O–H groups in total. The highest BCUT2D eigenvalue weighted by molar-refractivity contribution is 5.70. The van der Waals surface area contributed by atoms with Gasteiger partial charge in [-0.15, -0.1) is 0 Å². The molecule has 0 aromatic rings. The molecule has 1 saturated heterocycles. The maximum atomic E-state index is 12.4. The zero-order valence-electron chi connectivity index (χ0n) is 24.5. The fourth-order valence-corrected chi connectivity index (χ4v) is 5.12. The second-order valence-corrected chi connectivity index (χ2v) is 11.1. The van der Waals surface area contributed by atoms with Crippen LogP contribution in [0.5, 0.6) is 0 Å². The van der Waals surface area contributed by atoms with Crippen molar-refractivity contribution < 1.29 is 29.3 Å². The number of ether oxygens (including phenoxy) is 2. The van der Waals surface area contributed by atoms with E-state index in [9.17, 15) is 9.59 Å². The summed E-state index contributed by atoms with van der Waals surface area (Å²) in [7, 11) is 2.07. The molecule has 1 amide bonds. The van der Waals surface area contributed by atoms with Crippen molar-refractivity contribution in [2.24, 2.45) is 0 Å². The molecule has 0 radical (unpaired) electrons. The minimum Gasteiger partial charge on any atom is -0.457 e. The van der Waals surface area contributed by atoms with Crippen LogP contribution in [0.15, 0.2) is 0 Å². The number of alkyl carbamates (subject to hydrolysis) is 1. The number of carbonyl (C=O) groups excluding carboxylic acids is 2. The molecular formula is C30H58N2O6. The number of nitrogens with one attached hydrogen (secondary N) is 1. The monoisotopic (exact) mass is 542 g/mol. The highest BCUT2D eigenvalue weighted by atomic mass is 16.6. The Morgan fingerprint density at radius 3 is 1.87 bits per heavy atom. The van der Waals surface area contributed by atoms with Gasteiger partial charge in [0.05, 0.1) is 13.2 Å². The van der Waals surface area contributed by atoms with Crippen LogP contribution in [0, 0.1) is 0 Å². The number of rotatable bonds is 24. The van der Waals surface area contributed by atoms with Gasteiger partial charge in [-0.2, -0.15) is 0 Å². The van der Waals surface area contributed by atoms with E-state index in [1.54, 1.807) is 0 Å². The van der Waals surface area contributed by atoms with E-state index in [-0.39, 0.29) is 12.5 Å². The van der Waals surface area contributed by atoms with Crippen molar-refractivity contribution in [1.29, 1.82) is 0 Å². The summed E-state index contributed by atoms with van der Waals surface area (Å²) in [6, 6.07) is 0.343. The Labute approximate surface area is 232 Å². The number of nitrogens with zero attached hydrogens (tertiary/aromatic N) is 1. The van der Waals surface area contributed by atoms with Gasteiger partial charge in [0.1, 0.15) is 12.2 Å². The number of hydrogen-bond donors (Lipinski definition) is 3. The Balaban J connectivity index is 2.24. The minimum atomic E-state index is -0.903. The third kappa shape index (κ3) is 18.0. The summed E-state index contributed by atoms with van der Waals surface area (Å²) in [6.07, 6.45) is 19.7. The summed E-state index contributed by atoms with van der Waals surface area (Å²) >= 11 is 0. The van der Waals surface area contributed by atoms with Gasteiger partial charge in [-0.25, -0.2) is 4.79 Å². The fourth-order valence-electron chi connectivity index (χ4n) is 5.12. The van der Waals surface area contributed by atoms with Crippen LogP contribution < -0.4 is 5.32 Å². The number of likely N-dealkylation sites (tertiary alicyclic amines) is 1. The highest BCUT2D eigenvalue weighted by Gasteiger charge is 2.23. The summed E-state index contributed by atoms with van der Waals surface area (Å²) in [5.41, 5.74) is 0. The zero-order chi connectivity index (χ0) is 27.8. The molecule has 0 aliphatic carbocycles. The topological polar surface area (TPSA) is 108 Å². The average molecular weight is 543 g/mol. The third-order valence-electron chi connectivity index (χ3n) is 7.68. The van der Waals surface area contributed by atoms with Crippen molar-refractivity contribution in [2.75, 3.05) is 33.4 Å². The van der Waals surface area contributed by atoms with E-state index in [0.29, 0.717) is 25.4 Å². The van der Waals surface area contributed by atoms with Crippen LogP contribution in [-0.2, 0) is 14.3 Å². The second-order valence-electron chi connectivity index (χ2n) is 11.1. The van der Waals surface area contributed by atoms with Gasteiger partial charge in [-0.3, -0.25) is 4.79 Å². The number of aliphatic hydroxyl groups excluding tert-OH is 2. The van der Waals surface area contributed by atoms with Crippen molar-refractivity contribution in [3.8, 4) is 0 Å². The first-order valence-electron chi connectivity index (χ1n) is 15.6. The lowest BCUT2D eigenvalue weighted by Crippen LogP contribution is -2.39. The Bertz CT molecular complexity index is 587. The first kappa shape index (κ1) is 34.6. The second kappa shape index (κ2) is 23.5. The minimum absolute atomic E-state index is 0.0818. The van der Waals surface area contributed by atoms with Crippen LogP contribution in [0.1, 0.15) is 129 Å². The number of carbonyl (C=O) groups is 2. The van der Waals surface area contributed by atoms with Crippen molar-refractivity contribution in [1.82, 2.24) is 10.2 Å². The van der Waals surface area contributed by atoms with Crippen LogP contribution >= 0.6 is 0 Å². The van der Waals surface area contributed by atoms with Crippen LogP contribution in [0.25, 0.3) is 0 Å². The first-order valence-corrected chi connectivity index (χ1v) is 15.6. The number of likely N-dealkylation sites (N-methyl/N-ethyl adjacent to an activating group) is 1. The molecule has 0 aromatic heterocycles. The Morgan fingerprint density at radius 1 is 0.816 bits per heavy atom.